The van der Waals surface area contributed by atoms with E-state index in [0.717, 1.165) is 30.1 Å². The van der Waals surface area contributed by atoms with E-state index in [2.05, 4.69) is 29.9 Å². The van der Waals surface area contributed by atoms with Crippen LogP contribution < -0.4 is 0 Å². The lowest BCUT2D eigenvalue weighted by atomic mass is 10.1. The molecule has 0 spiro atoms. The second-order valence-electron chi connectivity index (χ2n) is 3.95. The summed E-state index contributed by atoms with van der Waals surface area (Å²) < 4.78 is 0. The molecule has 0 aromatic carbocycles. The molecule has 0 aliphatic rings. The molecular weight excluding hydrogens is 196 g/mol. The van der Waals surface area contributed by atoms with Gasteiger partial charge in [0.25, 0.3) is 0 Å². The third kappa shape index (κ3) is 3.62. The van der Waals surface area contributed by atoms with Gasteiger partial charge in [-0.05, 0) is 25.3 Å². The van der Waals surface area contributed by atoms with Crippen LogP contribution in [0.3, 0.4) is 0 Å². The number of rotatable bonds is 4. The average Bonchev–Trinajstić information content (AvgIpc) is 2.01. The zero-order chi connectivity index (χ0) is 10.6. The predicted octanol–water partition coefficient (Wildman–Crippen LogP) is 2.76. The van der Waals surface area contributed by atoms with E-state index in [-0.39, 0.29) is 0 Å². The van der Waals surface area contributed by atoms with Crippen LogP contribution in [-0.2, 0) is 12.8 Å². The highest BCUT2D eigenvalue weighted by atomic mass is 35.5. The lowest BCUT2D eigenvalue weighted by Gasteiger charge is -2.06. The van der Waals surface area contributed by atoms with Crippen molar-refractivity contribution < 1.29 is 0 Å². The summed E-state index contributed by atoms with van der Waals surface area (Å²) in [6.07, 6.45) is 1.77. The van der Waals surface area contributed by atoms with E-state index in [1.165, 1.54) is 0 Å². The molecule has 3 heteroatoms. The van der Waals surface area contributed by atoms with Crippen molar-refractivity contribution in [3.63, 3.8) is 0 Å². The van der Waals surface area contributed by atoms with Crippen LogP contribution in [-0.4, -0.2) is 15.8 Å². The molecule has 1 heterocycles. The monoisotopic (exact) mass is 212 g/mol. The van der Waals surface area contributed by atoms with Crippen molar-refractivity contribution >= 4 is 11.6 Å². The molecule has 1 rings (SSSR count). The van der Waals surface area contributed by atoms with Crippen LogP contribution >= 0.6 is 11.6 Å². The van der Waals surface area contributed by atoms with Gasteiger partial charge in [0, 0.05) is 23.7 Å². The van der Waals surface area contributed by atoms with Crippen molar-refractivity contribution in [1.29, 1.82) is 0 Å². The SMILES string of the molecule is Cc1cc(CC(C)C)nc(CCCl)n1. The molecule has 14 heavy (non-hydrogen) atoms. The summed E-state index contributed by atoms with van der Waals surface area (Å²) in [7, 11) is 0. The molecule has 78 valence electrons. The number of hydrogen-bond acceptors (Lipinski definition) is 2. The fourth-order valence-corrected chi connectivity index (χ4v) is 1.59. The van der Waals surface area contributed by atoms with E-state index in [4.69, 9.17) is 11.6 Å². The molecule has 0 atom stereocenters. The maximum atomic E-state index is 5.67. The van der Waals surface area contributed by atoms with Gasteiger partial charge in [-0.1, -0.05) is 13.8 Å². The summed E-state index contributed by atoms with van der Waals surface area (Å²) in [5.74, 6) is 2.09. The molecule has 0 radical (unpaired) electrons. The average molecular weight is 213 g/mol. The largest absolute Gasteiger partial charge is 0.238 e. The first kappa shape index (κ1) is 11.4. The molecular formula is C11H17ClN2. The van der Waals surface area contributed by atoms with Gasteiger partial charge in [0.2, 0.25) is 0 Å². The highest BCUT2D eigenvalue weighted by molar-refractivity contribution is 6.17. The Morgan fingerprint density at radius 3 is 2.64 bits per heavy atom. The molecule has 1 aromatic heterocycles. The first-order valence-corrected chi connectivity index (χ1v) is 5.54. The normalized spacial score (nSPS) is 10.9. The third-order valence-corrected chi connectivity index (χ3v) is 2.08. The second-order valence-corrected chi connectivity index (χ2v) is 4.33. The Kier molecular flexibility index (Phi) is 4.33. The zero-order valence-corrected chi connectivity index (χ0v) is 9.80. The van der Waals surface area contributed by atoms with E-state index >= 15 is 0 Å². The van der Waals surface area contributed by atoms with Crippen molar-refractivity contribution in [2.45, 2.75) is 33.6 Å². The first-order valence-electron chi connectivity index (χ1n) is 5.01. The maximum Gasteiger partial charge on any atom is 0.130 e. The smallest absolute Gasteiger partial charge is 0.130 e. The molecule has 1 aromatic rings. The van der Waals surface area contributed by atoms with Crippen LogP contribution in [0.4, 0.5) is 0 Å². The number of aryl methyl sites for hydroxylation is 2. The summed E-state index contributed by atoms with van der Waals surface area (Å²) in [6, 6.07) is 2.05. The van der Waals surface area contributed by atoms with Gasteiger partial charge in [-0.2, -0.15) is 0 Å². The Hall–Kier alpha value is -0.630. The summed E-state index contributed by atoms with van der Waals surface area (Å²) in [4.78, 5) is 8.80. The Morgan fingerprint density at radius 1 is 1.36 bits per heavy atom. The van der Waals surface area contributed by atoms with E-state index in [1.807, 2.05) is 6.92 Å². The first-order chi connectivity index (χ1) is 6.61. The number of aromatic nitrogens is 2. The fraction of sp³-hybridized carbons (Fsp3) is 0.636. The quantitative estimate of drug-likeness (QED) is 0.718. The number of hydrogen-bond donors (Lipinski definition) is 0. The van der Waals surface area contributed by atoms with Crippen LogP contribution in [0.5, 0.6) is 0 Å². The third-order valence-electron chi connectivity index (χ3n) is 1.89. The summed E-state index contributed by atoms with van der Waals surface area (Å²) in [5.41, 5.74) is 2.17. The summed E-state index contributed by atoms with van der Waals surface area (Å²) in [6.45, 7) is 6.39. The summed E-state index contributed by atoms with van der Waals surface area (Å²) in [5, 5.41) is 0. The molecule has 0 amide bonds. The molecule has 0 aliphatic carbocycles. The van der Waals surface area contributed by atoms with Crippen molar-refractivity contribution in [3.8, 4) is 0 Å². The molecule has 0 saturated carbocycles. The van der Waals surface area contributed by atoms with Crippen molar-refractivity contribution in [1.82, 2.24) is 9.97 Å². The number of alkyl halides is 1. The highest BCUT2D eigenvalue weighted by Crippen LogP contribution is 2.07. The van der Waals surface area contributed by atoms with Crippen LogP contribution in [0.2, 0.25) is 0 Å². The lowest BCUT2D eigenvalue weighted by Crippen LogP contribution is -2.04. The zero-order valence-electron chi connectivity index (χ0n) is 9.05. The van der Waals surface area contributed by atoms with Gasteiger partial charge in [0.1, 0.15) is 5.82 Å². The molecule has 0 aliphatic heterocycles. The van der Waals surface area contributed by atoms with Gasteiger partial charge >= 0.3 is 0 Å². The minimum atomic E-state index is 0.588. The van der Waals surface area contributed by atoms with Gasteiger partial charge in [0.15, 0.2) is 0 Å². The summed E-state index contributed by atoms with van der Waals surface area (Å²) >= 11 is 5.67. The number of halogens is 1. The predicted molar refractivity (Wildman–Crippen MR) is 59.7 cm³/mol. The minimum absolute atomic E-state index is 0.588. The van der Waals surface area contributed by atoms with E-state index in [0.29, 0.717) is 11.8 Å². The van der Waals surface area contributed by atoms with Gasteiger partial charge in [-0.25, -0.2) is 9.97 Å². The van der Waals surface area contributed by atoms with E-state index < -0.39 is 0 Å². The van der Waals surface area contributed by atoms with Crippen molar-refractivity contribution in [3.05, 3.63) is 23.3 Å². The molecule has 0 unspecified atom stereocenters. The molecule has 0 saturated heterocycles. The standard InChI is InChI=1S/C11H17ClN2/c1-8(2)6-10-7-9(3)13-11(14-10)4-5-12/h7-8H,4-6H2,1-3H3. The molecule has 2 nitrogen and oxygen atoms in total. The second kappa shape index (κ2) is 5.30. The highest BCUT2D eigenvalue weighted by Gasteiger charge is 2.03. The Labute approximate surface area is 90.7 Å². The van der Waals surface area contributed by atoms with Crippen molar-refractivity contribution in [2.24, 2.45) is 5.92 Å². The Bertz CT molecular complexity index is 297. The molecule has 0 fully saturated rings. The maximum absolute atomic E-state index is 5.67. The minimum Gasteiger partial charge on any atom is -0.238 e. The van der Waals surface area contributed by atoms with Crippen LogP contribution in [0.25, 0.3) is 0 Å². The molecule has 0 bridgehead atoms. The van der Waals surface area contributed by atoms with Crippen molar-refractivity contribution in [2.75, 3.05) is 5.88 Å². The van der Waals surface area contributed by atoms with Crippen LogP contribution in [0.1, 0.15) is 31.1 Å². The molecule has 0 N–H and O–H groups in total. The van der Waals surface area contributed by atoms with Gasteiger partial charge in [-0.3, -0.25) is 0 Å². The number of nitrogens with zero attached hydrogens (tertiary/aromatic N) is 2. The lowest BCUT2D eigenvalue weighted by molar-refractivity contribution is 0.629. The fourth-order valence-electron chi connectivity index (χ4n) is 1.42. The van der Waals surface area contributed by atoms with E-state index in [1.54, 1.807) is 0 Å². The van der Waals surface area contributed by atoms with Gasteiger partial charge in [-0.15, -0.1) is 11.6 Å². The van der Waals surface area contributed by atoms with Gasteiger partial charge < -0.3 is 0 Å². The Balaban J connectivity index is 2.83. The topological polar surface area (TPSA) is 25.8 Å². The van der Waals surface area contributed by atoms with Crippen LogP contribution in [0, 0.1) is 12.8 Å². The van der Waals surface area contributed by atoms with E-state index in [9.17, 15) is 0 Å². The van der Waals surface area contributed by atoms with Crippen LogP contribution in [0.15, 0.2) is 6.07 Å². The Morgan fingerprint density at radius 2 is 2.07 bits per heavy atom. The van der Waals surface area contributed by atoms with Gasteiger partial charge in [0.05, 0.1) is 0 Å².